The van der Waals surface area contributed by atoms with Crippen molar-refractivity contribution in [1.29, 1.82) is 0 Å². The largest absolute Gasteiger partial charge is 0.489 e. The van der Waals surface area contributed by atoms with Gasteiger partial charge in [-0.3, -0.25) is 0 Å². The first-order valence-electron chi connectivity index (χ1n) is 8.65. The van der Waals surface area contributed by atoms with E-state index in [-0.39, 0.29) is 0 Å². The number of nitrogens with zero attached hydrogens (tertiary/aromatic N) is 2. The molecular formula is C23H18N2O2. The molecule has 4 heteroatoms. The predicted molar refractivity (Wildman–Crippen MR) is 106 cm³/mol. The molecule has 0 spiro atoms. The smallest absolute Gasteiger partial charge is 0.248 e. The van der Waals surface area contributed by atoms with Crippen LogP contribution in [0.5, 0.6) is 5.75 Å². The van der Waals surface area contributed by atoms with Crippen molar-refractivity contribution >= 4 is 6.08 Å². The van der Waals surface area contributed by atoms with Gasteiger partial charge in [0.1, 0.15) is 12.4 Å². The Kier molecular flexibility index (Phi) is 4.79. The molecule has 0 bridgehead atoms. The topological polar surface area (TPSA) is 48.2 Å². The van der Waals surface area contributed by atoms with Crippen LogP contribution in [-0.2, 0) is 6.61 Å². The highest BCUT2D eigenvalue weighted by atomic mass is 16.5. The minimum absolute atomic E-state index is 0.467. The molecule has 27 heavy (non-hydrogen) atoms. The van der Waals surface area contributed by atoms with Crippen LogP contribution in [0.15, 0.2) is 89.9 Å². The lowest BCUT2D eigenvalue weighted by atomic mass is 10.1. The summed E-state index contributed by atoms with van der Waals surface area (Å²) in [5.41, 5.74) is 3.90. The van der Waals surface area contributed by atoms with Gasteiger partial charge in [-0.05, 0) is 41.5 Å². The zero-order chi connectivity index (χ0) is 18.5. The van der Waals surface area contributed by atoms with E-state index in [1.165, 1.54) is 0 Å². The van der Waals surface area contributed by atoms with Gasteiger partial charge in [0.25, 0.3) is 0 Å². The summed E-state index contributed by atoms with van der Waals surface area (Å²) in [6.07, 6.45) is 1.82. The van der Waals surface area contributed by atoms with E-state index in [4.69, 9.17) is 9.15 Å². The molecule has 3 aromatic carbocycles. The summed E-state index contributed by atoms with van der Waals surface area (Å²) in [6, 6.07) is 25.5. The van der Waals surface area contributed by atoms with E-state index in [0.717, 1.165) is 28.0 Å². The lowest BCUT2D eigenvalue weighted by Gasteiger charge is -2.07. The summed E-state index contributed by atoms with van der Waals surface area (Å²) in [5.74, 6) is 1.72. The summed E-state index contributed by atoms with van der Waals surface area (Å²) < 4.78 is 11.7. The van der Waals surface area contributed by atoms with Crippen LogP contribution in [0.25, 0.3) is 29.0 Å². The van der Waals surface area contributed by atoms with E-state index in [0.29, 0.717) is 18.4 Å². The van der Waals surface area contributed by atoms with Crippen LogP contribution in [0.2, 0.25) is 0 Å². The molecule has 0 radical (unpaired) electrons. The molecule has 0 amide bonds. The van der Waals surface area contributed by atoms with Gasteiger partial charge in [0.15, 0.2) is 0 Å². The molecule has 0 unspecified atom stereocenters. The molecule has 4 nitrogen and oxygen atoms in total. The number of ether oxygens (including phenoxy) is 1. The third kappa shape index (κ3) is 3.96. The van der Waals surface area contributed by atoms with Gasteiger partial charge in [-0.1, -0.05) is 61.2 Å². The molecule has 0 atom stereocenters. The maximum Gasteiger partial charge on any atom is 0.248 e. The van der Waals surface area contributed by atoms with Crippen molar-refractivity contribution in [2.24, 2.45) is 0 Å². The van der Waals surface area contributed by atoms with Gasteiger partial charge >= 0.3 is 0 Å². The Morgan fingerprint density at radius 1 is 0.815 bits per heavy atom. The van der Waals surface area contributed by atoms with Crippen LogP contribution < -0.4 is 4.74 Å². The number of aromatic nitrogens is 2. The molecule has 4 aromatic rings. The molecule has 4 rings (SSSR count). The van der Waals surface area contributed by atoms with Gasteiger partial charge < -0.3 is 9.15 Å². The quantitative estimate of drug-likeness (QED) is 0.450. The molecule has 0 aliphatic carbocycles. The second-order valence-corrected chi connectivity index (χ2v) is 6.04. The SMILES string of the molecule is C=Cc1ccc(COc2cccc(-c3nnc(-c4ccccc4)o3)c2)cc1. The summed E-state index contributed by atoms with van der Waals surface area (Å²) in [7, 11) is 0. The highest BCUT2D eigenvalue weighted by Crippen LogP contribution is 2.26. The Labute approximate surface area is 157 Å². The number of hydrogen-bond acceptors (Lipinski definition) is 4. The van der Waals surface area contributed by atoms with Crippen molar-refractivity contribution in [2.75, 3.05) is 0 Å². The van der Waals surface area contributed by atoms with Gasteiger partial charge in [-0.25, -0.2) is 0 Å². The van der Waals surface area contributed by atoms with Crippen LogP contribution in [-0.4, -0.2) is 10.2 Å². The number of benzene rings is 3. The Balaban J connectivity index is 1.49. The lowest BCUT2D eigenvalue weighted by Crippen LogP contribution is -1.95. The second-order valence-electron chi connectivity index (χ2n) is 6.04. The minimum Gasteiger partial charge on any atom is -0.489 e. The zero-order valence-corrected chi connectivity index (χ0v) is 14.7. The van der Waals surface area contributed by atoms with Gasteiger partial charge in [0.2, 0.25) is 11.8 Å². The Morgan fingerprint density at radius 3 is 2.26 bits per heavy atom. The second kappa shape index (κ2) is 7.70. The molecule has 0 fully saturated rings. The lowest BCUT2D eigenvalue weighted by molar-refractivity contribution is 0.306. The fraction of sp³-hybridized carbons (Fsp3) is 0.0435. The standard InChI is InChI=1S/C23H18N2O2/c1-2-17-11-13-18(14-12-17)16-26-21-10-6-9-20(15-21)23-25-24-22(27-23)19-7-4-3-5-8-19/h2-15H,1,16H2. The third-order valence-electron chi connectivity index (χ3n) is 4.15. The fourth-order valence-electron chi connectivity index (χ4n) is 2.67. The van der Waals surface area contributed by atoms with Gasteiger partial charge in [0, 0.05) is 11.1 Å². The normalized spacial score (nSPS) is 10.5. The van der Waals surface area contributed by atoms with Crippen molar-refractivity contribution < 1.29 is 9.15 Å². The third-order valence-corrected chi connectivity index (χ3v) is 4.15. The first-order chi connectivity index (χ1) is 13.3. The zero-order valence-electron chi connectivity index (χ0n) is 14.7. The molecule has 0 aliphatic heterocycles. The molecule has 1 aromatic heterocycles. The molecule has 132 valence electrons. The fourth-order valence-corrected chi connectivity index (χ4v) is 2.67. The average Bonchev–Trinajstić information content (AvgIpc) is 3.24. The van der Waals surface area contributed by atoms with Crippen LogP contribution in [0.3, 0.4) is 0 Å². The van der Waals surface area contributed by atoms with Gasteiger partial charge in [-0.15, -0.1) is 10.2 Å². The van der Waals surface area contributed by atoms with E-state index in [2.05, 4.69) is 16.8 Å². The summed E-state index contributed by atoms with van der Waals surface area (Å²) >= 11 is 0. The van der Waals surface area contributed by atoms with E-state index in [1.54, 1.807) is 0 Å². The molecule has 0 saturated heterocycles. The average molecular weight is 354 g/mol. The summed E-state index contributed by atoms with van der Waals surface area (Å²) in [5, 5.41) is 8.30. The molecule has 1 heterocycles. The molecule has 0 aliphatic rings. The van der Waals surface area contributed by atoms with Crippen molar-refractivity contribution in [3.63, 3.8) is 0 Å². The first-order valence-corrected chi connectivity index (χ1v) is 8.65. The monoisotopic (exact) mass is 354 g/mol. The Bertz CT molecular complexity index is 1040. The molecular weight excluding hydrogens is 336 g/mol. The highest BCUT2D eigenvalue weighted by molar-refractivity contribution is 5.59. The van der Waals surface area contributed by atoms with Crippen LogP contribution >= 0.6 is 0 Å². The molecule has 0 N–H and O–H groups in total. The van der Waals surface area contributed by atoms with Crippen LogP contribution in [0.1, 0.15) is 11.1 Å². The summed E-state index contributed by atoms with van der Waals surface area (Å²) in [6.45, 7) is 4.25. The Hall–Kier alpha value is -3.66. The predicted octanol–water partition coefficient (Wildman–Crippen LogP) is 5.63. The molecule has 0 saturated carbocycles. The maximum atomic E-state index is 5.90. The minimum atomic E-state index is 0.467. The van der Waals surface area contributed by atoms with E-state index < -0.39 is 0 Å². The van der Waals surface area contributed by atoms with E-state index in [1.807, 2.05) is 84.9 Å². The van der Waals surface area contributed by atoms with Crippen molar-refractivity contribution in [3.8, 4) is 28.7 Å². The van der Waals surface area contributed by atoms with Crippen LogP contribution in [0.4, 0.5) is 0 Å². The van der Waals surface area contributed by atoms with E-state index >= 15 is 0 Å². The number of rotatable bonds is 6. The van der Waals surface area contributed by atoms with Crippen LogP contribution in [0, 0.1) is 0 Å². The van der Waals surface area contributed by atoms with Gasteiger partial charge in [0.05, 0.1) is 0 Å². The van der Waals surface area contributed by atoms with E-state index in [9.17, 15) is 0 Å². The van der Waals surface area contributed by atoms with Crippen molar-refractivity contribution in [3.05, 3.63) is 96.6 Å². The maximum absolute atomic E-state index is 5.90. The van der Waals surface area contributed by atoms with Crippen molar-refractivity contribution in [2.45, 2.75) is 6.61 Å². The van der Waals surface area contributed by atoms with Gasteiger partial charge in [-0.2, -0.15) is 0 Å². The van der Waals surface area contributed by atoms with Crippen molar-refractivity contribution in [1.82, 2.24) is 10.2 Å². The Morgan fingerprint density at radius 2 is 1.52 bits per heavy atom. The summed E-state index contributed by atoms with van der Waals surface area (Å²) in [4.78, 5) is 0. The highest BCUT2D eigenvalue weighted by Gasteiger charge is 2.11. The first kappa shape index (κ1) is 16.8. The number of hydrogen-bond donors (Lipinski definition) is 0.